The Kier molecular flexibility index (Phi) is 14.7. The smallest absolute Gasteiger partial charge is 0.296 e. The summed E-state index contributed by atoms with van der Waals surface area (Å²) in [6.07, 6.45) is 0. The monoisotopic (exact) mass is 1090 g/mol. The van der Waals surface area contributed by atoms with Gasteiger partial charge in [0.1, 0.15) is 43.1 Å². The van der Waals surface area contributed by atoms with Gasteiger partial charge in [0.15, 0.2) is 16.6 Å². The van der Waals surface area contributed by atoms with Crippen LogP contribution in [0, 0.1) is 36.5 Å². The summed E-state index contributed by atoms with van der Waals surface area (Å²) in [5.74, 6) is -0.0441. The fraction of sp³-hybridized carbons (Fsp3) is 0.0625. The Morgan fingerprint density at radius 1 is 0.616 bits per heavy atom. The number of halogens is 2. The third-order valence-electron chi connectivity index (χ3n) is 10.8. The van der Waals surface area contributed by atoms with E-state index in [1.807, 2.05) is 31.2 Å². The van der Waals surface area contributed by atoms with E-state index in [4.69, 9.17) is 23.2 Å². The van der Waals surface area contributed by atoms with Crippen molar-refractivity contribution >= 4 is 126 Å². The second-order valence-electron chi connectivity index (χ2n) is 15.8. The Labute approximate surface area is 431 Å². The molecule has 6 aromatic carbocycles. The normalized spacial score (nSPS) is 12.0. The lowest BCUT2D eigenvalue weighted by molar-refractivity contribution is 0.481. The highest BCUT2D eigenvalue weighted by Crippen LogP contribution is 2.49. The summed E-state index contributed by atoms with van der Waals surface area (Å²) in [5, 5.41) is 48.0. The molecule has 6 N–H and O–H groups in total. The molecule has 0 radical (unpaired) electrons. The van der Waals surface area contributed by atoms with Gasteiger partial charge in [-0.1, -0.05) is 88.6 Å². The number of pyridine rings is 1. The van der Waals surface area contributed by atoms with Crippen molar-refractivity contribution in [3.05, 3.63) is 159 Å². The van der Waals surface area contributed by atoms with Crippen molar-refractivity contribution in [3.8, 4) is 23.3 Å². The van der Waals surface area contributed by atoms with E-state index in [0.717, 1.165) is 52.4 Å². The summed E-state index contributed by atoms with van der Waals surface area (Å²) < 4.78 is 104. The van der Waals surface area contributed by atoms with Gasteiger partial charge in [0.25, 0.3) is 30.4 Å². The van der Waals surface area contributed by atoms with Gasteiger partial charge < -0.3 is 16.0 Å². The lowest BCUT2D eigenvalue weighted by Crippen LogP contribution is -2.05. The van der Waals surface area contributed by atoms with E-state index in [1.54, 1.807) is 55.5 Å². The molecule has 0 fully saturated rings. The zero-order chi connectivity index (χ0) is 52.4. The largest absolute Gasteiger partial charge is 0.381 e. The predicted octanol–water partition coefficient (Wildman–Crippen LogP) is 13.3. The van der Waals surface area contributed by atoms with Crippen molar-refractivity contribution in [2.24, 2.45) is 20.5 Å². The number of nitrogens with one attached hydrogen (secondary N) is 3. The molecule has 0 saturated carbocycles. The SMILES string of the molecule is Cc1ccc(CNc2ccc(-c3c(N=Nc4cc(S(=O)(=O)O)c5cccc(S(=O)(=O)O)c5c4)sc(N=Nc4c(Nc5ccc(Cl)cc5)nc(Nc5ccc(Cl)c(S(=O)(=O)O)c5)c(C#N)c4C)c3C#N)cc2)cc1. The van der Waals surface area contributed by atoms with E-state index in [-0.39, 0.29) is 76.7 Å². The van der Waals surface area contributed by atoms with Crippen LogP contribution in [-0.4, -0.2) is 43.9 Å². The first kappa shape index (κ1) is 51.7. The summed E-state index contributed by atoms with van der Waals surface area (Å²) in [6, 6.07) is 35.0. The number of aromatic nitrogens is 1. The van der Waals surface area contributed by atoms with Crippen molar-refractivity contribution in [1.82, 2.24) is 4.98 Å². The Morgan fingerprint density at radius 3 is 1.88 bits per heavy atom. The van der Waals surface area contributed by atoms with Crippen LogP contribution in [0.4, 0.5) is 50.1 Å². The van der Waals surface area contributed by atoms with Crippen LogP contribution < -0.4 is 16.0 Å². The third kappa shape index (κ3) is 11.7. The van der Waals surface area contributed by atoms with Crippen molar-refractivity contribution in [2.75, 3.05) is 16.0 Å². The first-order chi connectivity index (χ1) is 34.6. The molecule has 2 aromatic heterocycles. The molecule has 0 aliphatic rings. The number of anilines is 5. The molecule has 0 aliphatic carbocycles. The topological polar surface area (TPSA) is 309 Å². The van der Waals surface area contributed by atoms with E-state index >= 15 is 0 Å². The molecule has 368 valence electrons. The Hall–Kier alpha value is -7.68. The average molecular weight is 1090 g/mol. The highest BCUT2D eigenvalue weighted by atomic mass is 35.5. The molecule has 25 heteroatoms. The van der Waals surface area contributed by atoms with Crippen LogP contribution in [0.5, 0.6) is 0 Å². The van der Waals surface area contributed by atoms with Gasteiger partial charge in [-0.25, -0.2) is 4.98 Å². The molecule has 8 rings (SSSR count). The molecule has 2 heterocycles. The number of thiophene rings is 1. The van der Waals surface area contributed by atoms with Gasteiger partial charge in [-0.05, 0) is 97.8 Å². The highest BCUT2D eigenvalue weighted by Gasteiger charge is 2.25. The molecule has 0 saturated heterocycles. The standard InChI is InChI=1S/C48H34Cl2N10O9S4/c1-26-6-8-28(9-7-26)25-53-31-14-10-29(11-15-31)43-38(24-52)47(70-48(43)60-57-34-20-36-35(41(22-34)72(64,65)66)4-3-5-40(36)71(61,62)63)59-58-44-27(2)37(23-51)45(56-46(44)54-32-16-12-30(49)13-17-32)55-33-18-19-39(50)42(21-33)73(67,68)69/h3-22,53H,25H2,1-2H3,(H2,54,55,56)(H,61,62,63)(H,64,65,66)(H,67,68,69). The van der Waals surface area contributed by atoms with Crippen LogP contribution >= 0.6 is 34.5 Å². The van der Waals surface area contributed by atoms with Crippen molar-refractivity contribution in [3.63, 3.8) is 0 Å². The van der Waals surface area contributed by atoms with E-state index in [0.29, 0.717) is 22.8 Å². The molecular weight excluding hydrogens is 1060 g/mol. The average Bonchev–Trinajstić information content (AvgIpc) is 3.70. The summed E-state index contributed by atoms with van der Waals surface area (Å²) >= 11 is 13.1. The van der Waals surface area contributed by atoms with E-state index in [1.165, 1.54) is 24.3 Å². The minimum absolute atomic E-state index is 0.0151. The van der Waals surface area contributed by atoms with Gasteiger partial charge in [-0.3, -0.25) is 13.7 Å². The molecule has 8 aromatic rings. The zero-order valence-electron chi connectivity index (χ0n) is 37.6. The summed E-state index contributed by atoms with van der Waals surface area (Å²) in [5.41, 5.74) is 3.96. The maximum atomic E-state index is 12.6. The quantitative estimate of drug-likeness (QED) is 0.0411. The van der Waals surface area contributed by atoms with Crippen LogP contribution in [0.1, 0.15) is 27.8 Å². The fourth-order valence-corrected chi connectivity index (χ4v) is 10.8. The summed E-state index contributed by atoms with van der Waals surface area (Å²) in [4.78, 5) is 2.66. The molecule has 0 amide bonds. The lowest BCUT2D eigenvalue weighted by atomic mass is 10.0. The van der Waals surface area contributed by atoms with Crippen LogP contribution in [0.25, 0.3) is 21.9 Å². The predicted molar refractivity (Wildman–Crippen MR) is 278 cm³/mol. The molecule has 0 aliphatic heterocycles. The van der Waals surface area contributed by atoms with Crippen molar-refractivity contribution in [1.29, 1.82) is 10.5 Å². The molecule has 0 unspecified atom stereocenters. The first-order valence-electron chi connectivity index (χ1n) is 20.9. The van der Waals surface area contributed by atoms with Gasteiger partial charge in [0.05, 0.1) is 16.3 Å². The highest BCUT2D eigenvalue weighted by molar-refractivity contribution is 7.86. The molecule has 73 heavy (non-hydrogen) atoms. The van der Waals surface area contributed by atoms with Crippen molar-refractivity contribution in [2.45, 2.75) is 35.1 Å². The maximum Gasteiger partial charge on any atom is 0.296 e. The van der Waals surface area contributed by atoms with E-state index in [9.17, 15) is 49.4 Å². The van der Waals surface area contributed by atoms with Crippen LogP contribution in [-0.2, 0) is 36.9 Å². The Bertz CT molecular complexity index is 4010. The van der Waals surface area contributed by atoms with Gasteiger partial charge in [-0.2, -0.15) is 35.8 Å². The number of rotatable bonds is 15. The lowest BCUT2D eigenvalue weighted by Gasteiger charge is -2.16. The fourth-order valence-electron chi connectivity index (χ4n) is 7.31. The summed E-state index contributed by atoms with van der Waals surface area (Å²) in [6.45, 7) is 4.05. The molecule has 0 atom stereocenters. The Morgan fingerprint density at radius 2 is 1.23 bits per heavy atom. The van der Waals surface area contributed by atoms with Gasteiger partial charge >= 0.3 is 0 Å². The summed E-state index contributed by atoms with van der Waals surface area (Å²) in [7, 11) is -14.7. The van der Waals surface area contributed by atoms with Crippen molar-refractivity contribution < 1.29 is 38.9 Å². The van der Waals surface area contributed by atoms with E-state index in [2.05, 4.69) is 53.5 Å². The minimum Gasteiger partial charge on any atom is -0.381 e. The first-order valence-corrected chi connectivity index (χ1v) is 26.8. The van der Waals surface area contributed by atoms with E-state index < -0.39 is 45.0 Å². The number of hydrogen-bond donors (Lipinski definition) is 6. The van der Waals surface area contributed by atoms with Gasteiger partial charge in [-0.15, -0.1) is 20.5 Å². The number of aryl methyl sites for hydroxylation is 1. The number of nitriles is 2. The molecule has 19 nitrogen and oxygen atoms in total. The van der Waals surface area contributed by atoms with Gasteiger partial charge in [0, 0.05) is 50.5 Å². The van der Waals surface area contributed by atoms with Gasteiger partial charge in [0.2, 0.25) is 0 Å². The number of azo groups is 2. The second kappa shape index (κ2) is 20.8. The van der Waals surface area contributed by atoms with Crippen LogP contribution in [0.15, 0.2) is 156 Å². The van der Waals surface area contributed by atoms with Crippen LogP contribution in [0.3, 0.4) is 0 Å². The Balaban J connectivity index is 1.27. The molecule has 0 bridgehead atoms. The number of nitrogens with zero attached hydrogens (tertiary/aromatic N) is 7. The zero-order valence-corrected chi connectivity index (χ0v) is 42.3. The molecular formula is C48H34Cl2N10O9S4. The third-order valence-corrected chi connectivity index (χ3v) is 15.2. The maximum absolute atomic E-state index is 12.6. The number of benzene rings is 6. The number of hydrogen-bond acceptors (Lipinski definition) is 17. The molecule has 0 spiro atoms. The van der Waals surface area contributed by atoms with Crippen LogP contribution in [0.2, 0.25) is 10.0 Å². The second-order valence-corrected chi connectivity index (χ2v) is 21.8. The minimum atomic E-state index is -5.01. The number of fused-ring (bicyclic) bond motifs is 1.